The van der Waals surface area contributed by atoms with Crippen LogP contribution in [-0.4, -0.2) is 43.8 Å². The number of likely N-dealkylation sites (tertiary alicyclic amines) is 1. The van der Waals surface area contributed by atoms with Gasteiger partial charge >= 0.3 is 0 Å². The van der Waals surface area contributed by atoms with E-state index in [1.54, 1.807) is 6.20 Å². The van der Waals surface area contributed by atoms with Crippen molar-refractivity contribution in [2.75, 3.05) is 13.1 Å². The molecule has 1 aliphatic heterocycles. The summed E-state index contributed by atoms with van der Waals surface area (Å²) in [7, 11) is 0. The van der Waals surface area contributed by atoms with E-state index in [-0.39, 0.29) is 0 Å². The number of hydrogen-bond donors (Lipinski definition) is 0. The molecule has 3 aromatic rings. The lowest BCUT2D eigenvalue weighted by Gasteiger charge is -2.31. The number of hydrogen-bond acceptors (Lipinski definition) is 5. The number of carbonyl (C=O) groups excluding carboxylic acids is 1. The minimum absolute atomic E-state index is 0.304. The van der Waals surface area contributed by atoms with Gasteiger partial charge in [0.2, 0.25) is 0 Å². The fraction of sp³-hybridized carbons (Fsp3) is 0.417. The van der Waals surface area contributed by atoms with E-state index in [2.05, 4.69) is 44.5 Å². The van der Waals surface area contributed by atoms with Crippen LogP contribution in [0, 0.1) is 0 Å². The number of benzene rings is 1. The molecule has 2 aromatic heterocycles. The van der Waals surface area contributed by atoms with Crippen molar-refractivity contribution < 1.29 is 4.79 Å². The summed E-state index contributed by atoms with van der Waals surface area (Å²) in [5, 5.41) is 8.59. The Morgan fingerprint density at radius 1 is 1.07 bits per heavy atom. The standard InChI is InChI=1S/C24H29N5O/c1-2-24(30)15-19-6-5-7-21(14-19)20-9-12-28(13-10-20)16-23-18-29(27-26-23)17-22-8-3-4-11-25-22/h3-8,11,14,18,20H,2,9-10,12-13,15-17H2,1H3. The average Bonchev–Trinajstić information content (AvgIpc) is 3.21. The Kier molecular flexibility index (Phi) is 6.64. The Morgan fingerprint density at radius 3 is 2.70 bits per heavy atom. The first-order chi connectivity index (χ1) is 14.7. The van der Waals surface area contributed by atoms with E-state index in [0.717, 1.165) is 49.4 Å². The molecule has 0 bridgehead atoms. The van der Waals surface area contributed by atoms with Gasteiger partial charge in [0.05, 0.1) is 24.1 Å². The van der Waals surface area contributed by atoms with Gasteiger partial charge in [-0.3, -0.25) is 14.7 Å². The molecule has 0 aliphatic carbocycles. The van der Waals surface area contributed by atoms with Crippen LogP contribution in [-0.2, 0) is 24.3 Å². The van der Waals surface area contributed by atoms with Gasteiger partial charge < -0.3 is 0 Å². The zero-order valence-electron chi connectivity index (χ0n) is 17.6. The van der Waals surface area contributed by atoms with Crippen LogP contribution in [0.5, 0.6) is 0 Å². The molecule has 0 amide bonds. The fourth-order valence-electron chi connectivity index (χ4n) is 4.11. The maximum atomic E-state index is 11.8. The number of nitrogens with zero attached hydrogens (tertiary/aromatic N) is 5. The first kappa shape index (κ1) is 20.4. The van der Waals surface area contributed by atoms with Gasteiger partial charge in [0, 0.05) is 25.6 Å². The van der Waals surface area contributed by atoms with Crippen molar-refractivity contribution in [3.05, 3.63) is 77.4 Å². The summed E-state index contributed by atoms with van der Waals surface area (Å²) in [5.41, 5.74) is 4.51. The van der Waals surface area contributed by atoms with Crippen molar-refractivity contribution in [1.29, 1.82) is 0 Å². The molecule has 4 rings (SSSR count). The predicted octanol–water partition coefficient (Wildman–Crippen LogP) is 3.62. The van der Waals surface area contributed by atoms with Gasteiger partial charge in [-0.1, -0.05) is 42.5 Å². The van der Waals surface area contributed by atoms with Gasteiger partial charge in [-0.15, -0.1) is 5.10 Å². The molecule has 1 saturated heterocycles. The third kappa shape index (κ3) is 5.39. The highest BCUT2D eigenvalue weighted by Gasteiger charge is 2.21. The Hall–Kier alpha value is -2.86. The molecule has 3 heterocycles. The number of rotatable bonds is 8. The molecule has 30 heavy (non-hydrogen) atoms. The molecule has 6 nitrogen and oxygen atoms in total. The summed E-state index contributed by atoms with van der Waals surface area (Å²) in [5.74, 6) is 0.871. The summed E-state index contributed by atoms with van der Waals surface area (Å²) < 4.78 is 1.85. The normalized spacial score (nSPS) is 15.4. The van der Waals surface area contributed by atoms with E-state index in [1.165, 1.54) is 5.56 Å². The minimum atomic E-state index is 0.304. The summed E-state index contributed by atoms with van der Waals surface area (Å²) in [6.07, 6.45) is 7.25. The second-order valence-corrected chi connectivity index (χ2v) is 8.09. The van der Waals surface area contributed by atoms with Crippen molar-refractivity contribution in [3.63, 3.8) is 0 Å². The van der Waals surface area contributed by atoms with Gasteiger partial charge in [-0.05, 0) is 55.1 Å². The quantitative estimate of drug-likeness (QED) is 0.575. The zero-order chi connectivity index (χ0) is 20.8. The third-order valence-electron chi connectivity index (χ3n) is 5.83. The Balaban J connectivity index is 1.29. The first-order valence-corrected chi connectivity index (χ1v) is 10.8. The maximum absolute atomic E-state index is 11.8. The van der Waals surface area contributed by atoms with E-state index < -0.39 is 0 Å². The topological polar surface area (TPSA) is 63.9 Å². The molecule has 1 aromatic carbocycles. The third-order valence-corrected chi connectivity index (χ3v) is 5.83. The van der Waals surface area contributed by atoms with Crippen molar-refractivity contribution in [3.8, 4) is 0 Å². The van der Waals surface area contributed by atoms with E-state index >= 15 is 0 Å². The second-order valence-electron chi connectivity index (χ2n) is 8.09. The smallest absolute Gasteiger partial charge is 0.136 e. The van der Waals surface area contributed by atoms with Crippen LogP contribution < -0.4 is 0 Å². The van der Waals surface area contributed by atoms with Crippen LogP contribution in [0.4, 0.5) is 0 Å². The van der Waals surface area contributed by atoms with Crippen molar-refractivity contribution in [2.45, 2.75) is 51.6 Å². The minimum Gasteiger partial charge on any atom is -0.299 e. The van der Waals surface area contributed by atoms with Gasteiger partial charge in [-0.25, -0.2) is 4.68 Å². The van der Waals surface area contributed by atoms with Gasteiger partial charge in [0.1, 0.15) is 5.78 Å². The van der Waals surface area contributed by atoms with Crippen LogP contribution in [0.15, 0.2) is 54.9 Å². The zero-order valence-corrected chi connectivity index (χ0v) is 17.6. The van der Waals surface area contributed by atoms with Gasteiger partial charge in [0.15, 0.2) is 0 Å². The molecule has 1 aliphatic rings. The largest absolute Gasteiger partial charge is 0.299 e. The fourth-order valence-corrected chi connectivity index (χ4v) is 4.11. The highest BCUT2D eigenvalue weighted by molar-refractivity contribution is 5.80. The highest BCUT2D eigenvalue weighted by atomic mass is 16.1. The lowest BCUT2D eigenvalue weighted by atomic mass is 9.88. The molecule has 0 N–H and O–H groups in total. The van der Waals surface area contributed by atoms with E-state index in [9.17, 15) is 4.79 Å². The summed E-state index contributed by atoms with van der Waals surface area (Å²) in [4.78, 5) is 18.6. The summed E-state index contributed by atoms with van der Waals surface area (Å²) in [6, 6.07) is 14.5. The maximum Gasteiger partial charge on any atom is 0.136 e. The number of piperidine rings is 1. The molecular formula is C24H29N5O. The van der Waals surface area contributed by atoms with Crippen molar-refractivity contribution in [1.82, 2.24) is 24.9 Å². The van der Waals surface area contributed by atoms with E-state index in [1.807, 2.05) is 36.0 Å². The molecule has 156 valence electrons. The Morgan fingerprint density at radius 2 is 1.93 bits per heavy atom. The highest BCUT2D eigenvalue weighted by Crippen LogP contribution is 2.29. The molecule has 0 saturated carbocycles. The molecule has 1 fully saturated rings. The van der Waals surface area contributed by atoms with E-state index in [4.69, 9.17) is 0 Å². The van der Waals surface area contributed by atoms with Crippen LogP contribution >= 0.6 is 0 Å². The number of aromatic nitrogens is 4. The van der Waals surface area contributed by atoms with Crippen LogP contribution in [0.3, 0.4) is 0 Å². The van der Waals surface area contributed by atoms with Crippen molar-refractivity contribution >= 4 is 5.78 Å². The monoisotopic (exact) mass is 403 g/mol. The Bertz CT molecular complexity index is 960. The molecule has 0 spiro atoms. The van der Waals surface area contributed by atoms with Crippen molar-refractivity contribution in [2.24, 2.45) is 0 Å². The average molecular weight is 404 g/mol. The molecular weight excluding hydrogens is 374 g/mol. The predicted molar refractivity (Wildman–Crippen MR) is 116 cm³/mol. The van der Waals surface area contributed by atoms with Crippen LogP contribution in [0.1, 0.15) is 54.6 Å². The van der Waals surface area contributed by atoms with Crippen LogP contribution in [0.2, 0.25) is 0 Å². The SMILES string of the molecule is CCC(=O)Cc1cccc(C2CCN(Cc3cn(Cc4ccccn4)nn3)CC2)c1. The molecule has 0 unspecified atom stereocenters. The van der Waals surface area contributed by atoms with Gasteiger partial charge in [-0.2, -0.15) is 0 Å². The number of ketones is 1. The van der Waals surface area contributed by atoms with Crippen LogP contribution in [0.25, 0.3) is 0 Å². The second kappa shape index (κ2) is 9.76. The molecule has 0 atom stereocenters. The van der Waals surface area contributed by atoms with Gasteiger partial charge in [0.25, 0.3) is 0 Å². The lowest BCUT2D eigenvalue weighted by Crippen LogP contribution is -2.32. The molecule has 0 radical (unpaired) electrons. The number of Topliss-reactive ketones (excluding diaryl/α,β-unsaturated/α-hetero) is 1. The lowest BCUT2D eigenvalue weighted by molar-refractivity contribution is -0.118. The number of pyridine rings is 1. The first-order valence-electron chi connectivity index (χ1n) is 10.8. The van der Waals surface area contributed by atoms with E-state index in [0.29, 0.717) is 31.1 Å². The number of carbonyl (C=O) groups is 1. The Labute approximate surface area is 177 Å². The molecule has 6 heteroatoms. The summed E-state index contributed by atoms with van der Waals surface area (Å²) >= 11 is 0. The summed E-state index contributed by atoms with van der Waals surface area (Å²) in [6.45, 7) is 5.51.